The lowest BCUT2D eigenvalue weighted by atomic mass is 9.81. The number of piperidine rings is 2. The van der Waals surface area contributed by atoms with E-state index in [1.54, 1.807) is 0 Å². The molecule has 0 aromatic carbocycles. The molecule has 4 nitrogen and oxygen atoms in total. The molecule has 0 aliphatic carbocycles. The maximum Gasteiger partial charge on any atom is 0.323 e. The van der Waals surface area contributed by atoms with E-state index in [9.17, 15) is 4.79 Å². The van der Waals surface area contributed by atoms with Crippen molar-refractivity contribution in [2.75, 3.05) is 13.7 Å². The van der Waals surface area contributed by atoms with Crippen molar-refractivity contribution in [2.24, 2.45) is 0 Å². The largest absolute Gasteiger partial charge is 0.465 e. The van der Waals surface area contributed by atoms with E-state index in [0.717, 1.165) is 12.8 Å². The summed E-state index contributed by atoms with van der Waals surface area (Å²) in [5.41, 5.74) is 0. The lowest BCUT2D eigenvalue weighted by molar-refractivity contribution is -0.153. The van der Waals surface area contributed by atoms with Gasteiger partial charge in [0.25, 0.3) is 0 Å². The van der Waals surface area contributed by atoms with E-state index in [-0.39, 0.29) is 12.0 Å². The van der Waals surface area contributed by atoms with E-state index in [4.69, 9.17) is 4.74 Å². The van der Waals surface area contributed by atoms with Gasteiger partial charge in [0.15, 0.2) is 0 Å². The fourth-order valence-corrected chi connectivity index (χ4v) is 3.67. The maximum atomic E-state index is 11.9. The highest BCUT2D eigenvalue weighted by Gasteiger charge is 2.42. The highest BCUT2D eigenvalue weighted by molar-refractivity contribution is 5.75. The second-order valence-electron chi connectivity index (χ2n) is 5.57. The molecule has 4 heteroatoms. The number of hydrogen-bond donors (Lipinski definition) is 1. The molecule has 0 spiro atoms. The van der Waals surface area contributed by atoms with Gasteiger partial charge in [-0.3, -0.25) is 9.69 Å². The van der Waals surface area contributed by atoms with Gasteiger partial charge in [-0.25, -0.2) is 0 Å². The normalized spacial score (nSPS) is 34.1. The SMILES string of the molecule is CCOC(=O)C(C)N1C2CCCC1CC(NC)C2. The zero-order chi connectivity index (χ0) is 13.1. The average Bonchev–Trinajstić information content (AvgIpc) is 2.36. The van der Waals surface area contributed by atoms with Gasteiger partial charge in [-0.2, -0.15) is 0 Å². The van der Waals surface area contributed by atoms with Crippen molar-refractivity contribution in [1.29, 1.82) is 0 Å². The molecule has 3 unspecified atom stereocenters. The van der Waals surface area contributed by atoms with Gasteiger partial charge < -0.3 is 10.1 Å². The van der Waals surface area contributed by atoms with Gasteiger partial charge >= 0.3 is 5.97 Å². The minimum Gasteiger partial charge on any atom is -0.465 e. The highest BCUT2D eigenvalue weighted by Crippen LogP contribution is 2.35. The van der Waals surface area contributed by atoms with Crippen LogP contribution in [0.2, 0.25) is 0 Å². The molecular weight excluding hydrogens is 228 g/mol. The first-order valence-electron chi connectivity index (χ1n) is 7.28. The van der Waals surface area contributed by atoms with Crippen LogP contribution in [0, 0.1) is 0 Å². The quantitative estimate of drug-likeness (QED) is 0.773. The van der Waals surface area contributed by atoms with Crippen LogP contribution in [-0.4, -0.2) is 48.7 Å². The van der Waals surface area contributed by atoms with E-state index >= 15 is 0 Å². The van der Waals surface area contributed by atoms with Crippen LogP contribution in [0.3, 0.4) is 0 Å². The lowest BCUT2D eigenvalue weighted by Crippen LogP contribution is -2.60. The van der Waals surface area contributed by atoms with E-state index in [1.807, 2.05) is 20.9 Å². The molecule has 18 heavy (non-hydrogen) atoms. The van der Waals surface area contributed by atoms with E-state index < -0.39 is 0 Å². The molecule has 3 atom stereocenters. The van der Waals surface area contributed by atoms with Crippen LogP contribution in [0.15, 0.2) is 0 Å². The van der Waals surface area contributed by atoms with E-state index in [0.29, 0.717) is 24.7 Å². The summed E-state index contributed by atoms with van der Waals surface area (Å²) in [6, 6.07) is 1.63. The molecule has 2 fully saturated rings. The van der Waals surface area contributed by atoms with Crippen molar-refractivity contribution < 1.29 is 9.53 Å². The van der Waals surface area contributed by atoms with Crippen molar-refractivity contribution in [3.05, 3.63) is 0 Å². The molecule has 0 aromatic heterocycles. The van der Waals surface area contributed by atoms with Crippen LogP contribution in [0.1, 0.15) is 46.0 Å². The average molecular weight is 254 g/mol. The van der Waals surface area contributed by atoms with Crippen molar-refractivity contribution >= 4 is 5.97 Å². The Morgan fingerprint density at radius 1 is 1.39 bits per heavy atom. The van der Waals surface area contributed by atoms with Crippen molar-refractivity contribution in [2.45, 2.75) is 70.1 Å². The van der Waals surface area contributed by atoms with Crippen LogP contribution in [0.5, 0.6) is 0 Å². The maximum absolute atomic E-state index is 11.9. The highest BCUT2D eigenvalue weighted by atomic mass is 16.5. The first-order valence-corrected chi connectivity index (χ1v) is 7.28. The number of rotatable bonds is 4. The molecule has 0 aromatic rings. The first-order chi connectivity index (χ1) is 8.67. The number of carbonyl (C=O) groups is 1. The summed E-state index contributed by atoms with van der Waals surface area (Å²) in [5, 5.41) is 3.40. The predicted molar refractivity (Wildman–Crippen MR) is 71.4 cm³/mol. The predicted octanol–water partition coefficient (Wildman–Crippen LogP) is 1.54. The van der Waals surface area contributed by atoms with Crippen molar-refractivity contribution in [3.63, 3.8) is 0 Å². The summed E-state index contributed by atoms with van der Waals surface area (Å²) in [6.45, 7) is 4.35. The Bertz CT molecular complexity index is 282. The molecule has 0 radical (unpaired) electrons. The minimum absolute atomic E-state index is 0.0580. The third-order valence-corrected chi connectivity index (χ3v) is 4.51. The number of ether oxygens (including phenoxy) is 1. The summed E-state index contributed by atoms with van der Waals surface area (Å²) in [5.74, 6) is -0.0580. The third-order valence-electron chi connectivity index (χ3n) is 4.51. The molecule has 104 valence electrons. The van der Waals surface area contributed by atoms with Crippen LogP contribution < -0.4 is 5.32 Å². The Kier molecular flexibility index (Phi) is 4.62. The van der Waals surface area contributed by atoms with Crippen LogP contribution in [0.25, 0.3) is 0 Å². The van der Waals surface area contributed by atoms with Gasteiger partial charge in [-0.15, -0.1) is 0 Å². The molecule has 2 bridgehead atoms. The third kappa shape index (κ3) is 2.69. The molecule has 2 heterocycles. The van der Waals surface area contributed by atoms with Gasteiger partial charge in [-0.1, -0.05) is 6.42 Å². The van der Waals surface area contributed by atoms with Crippen LogP contribution in [-0.2, 0) is 9.53 Å². The summed E-state index contributed by atoms with van der Waals surface area (Å²) in [4.78, 5) is 14.4. The Hall–Kier alpha value is -0.610. The van der Waals surface area contributed by atoms with E-state index in [1.165, 1.54) is 19.3 Å². The zero-order valence-corrected chi connectivity index (χ0v) is 11.8. The summed E-state index contributed by atoms with van der Waals surface area (Å²) >= 11 is 0. The lowest BCUT2D eigenvalue weighted by Gasteiger charge is -2.50. The van der Waals surface area contributed by atoms with Crippen molar-refractivity contribution in [3.8, 4) is 0 Å². The van der Waals surface area contributed by atoms with Gasteiger partial charge in [0.05, 0.1) is 6.61 Å². The molecule has 2 saturated heterocycles. The number of hydrogen-bond acceptors (Lipinski definition) is 4. The van der Waals surface area contributed by atoms with Crippen LogP contribution >= 0.6 is 0 Å². The smallest absolute Gasteiger partial charge is 0.323 e. The number of fused-ring (bicyclic) bond motifs is 2. The Balaban J connectivity index is 2.05. The molecule has 0 saturated carbocycles. The molecule has 1 N–H and O–H groups in total. The summed E-state index contributed by atoms with van der Waals surface area (Å²) in [7, 11) is 2.05. The van der Waals surface area contributed by atoms with Crippen molar-refractivity contribution in [1.82, 2.24) is 10.2 Å². The van der Waals surface area contributed by atoms with E-state index in [2.05, 4.69) is 10.2 Å². The summed E-state index contributed by atoms with van der Waals surface area (Å²) in [6.07, 6.45) is 6.07. The second kappa shape index (κ2) is 6.02. The number of nitrogens with zero attached hydrogens (tertiary/aromatic N) is 1. The molecule has 2 aliphatic heterocycles. The van der Waals surface area contributed by atoms with Gasteiger partial charge in [0.1, 0.15) is 6.04 Å². The topological polar surface area (TPSA) is 41.6 Å². The number of carbonyl (C=O) groups excluding carboxylic acids is 1. The Morgan fingerprint density at radius 2 is 2.00 bits per heavy atom. The molecular formula is C14H26N2O2. The fourth-order valence-electron chi connectivity index (χ4n) is 3.67. The zero-order valence-electron chi connectivity index (χ0n) is 11.8. The van der Waals surface area contributed by atoms with Gasteiger partial charge in [0.2, 0.25) is 0 Å². The van der Waals surface area contributed by atoms with Gasteiger partial charge in [-0.05, 0) is 46.6 Å². The standard InChI is InChI=1S/C14H26N2O2/c1-4-18-14(17)10(2)16-12-6-5-7-13(16)9-11(8-12)15-3/h10-13,15H,4-9H2,1-3H3. The van der Waals surface area contributed by atoms with Crippen LogP contribution in [0.4, 0.5) is 0 Å². The minimum atomic E-state index is -0.0851. The molecule has 2 rings (SSSR count). The fraction of sp³-hybridized carbons (Fsp3) is 0.929. The molecule has 0 amide bonds. The summed E-state index contributed by atoms with van der Waals surface area (Å²) < 4.78 is 5.18. The second-order valence-corrected chi connectivity index (χ2v) is 5.57. The number of nitrogens with one attached hydrogen (secondary N) is 1. The Morgan fingerprint density at radius 3 is 2.50 bits per heavy atom. The molecule has 2 aliphatic rings. The Labute approximate surface area is 110 Å². The van der Waals surface area contributed by atoms with Gasteiger partial charge in [0, 0.05) is 18.1 Å². The first kappa shape index (κ1) is 13.8. The monoisotopic (exact) mass is 254 g/mol. The number of esters is 1.